The van der Waals surface area contributed by atoms with E-state index in [4.69, 9.17) is 0 Å². The summed E-state index contributed by atoms with van der Waals surface area (Å²) in [7, 11) is 0. The summed E-state index contributed by atoms with van der Waals surface area (Å²) in [4.78, 5) is 4.17. The van der Waals surface area contributed by atoms with Crippen molar-refractivity contribution in [2.75, 3.05) is 13.1 Å². The van der Waals surface area contributed by atoms with Gasteiger partial charge < -0.3 is 9.88 Å². The third-order valence-electron chi connectivity index (χ3n) is 2.10. The second-order valence-corrected chi connectivity index (χ2v) is 3.24. The number of hydrogen-bond donors (Lipinski definition) is 1. The number of nitrogens with one attached hydrogen (secondary N) is 1. The van der Waals surface area contributed by atoms with Gasteiger partial charge in [0.05, 0.1) is 12.0 Å². The van der Waals surface area contributed by atoms with Crippen LogP contribution in [0, 0.1) is 12.8 Å². The van der Waals surface area contributed by atoms with Gasteiger partial charge in [0.15, 0.2) is 0 Å². The first-order valence-corrected chi connectivity index (χ1v) is 4.03. The molecule has 1 aromatic rings. The molecule has 2 rings (SSSR count). The van der Waals surface area contributed by atoms with Crippen molar-refractivity contribution in [1.82, 2.24) is 14.9 Å². The number of rotatable bonds is 2. The topological polar surface area (TPSA) is 29.9 Å². The standard InChI is InChI=1S/C8H13N3/c1-7-4-11(6-10-7)5-8-2-9-3-8/h4,6,8-9H,2-3,5H2,1H3. The van der Waals surface area contributed by atoms with Gasteiger partial charge in [0, 0.05) is 31.7 Å². The fraction of sp³-hybridized carbons (Fsp3) is 0.625. The molecule has 0 saturated carbocycles. The van der Waals surface area contributed by atoms with Crippen molar-refractivity contribution in [2.24, 2.45) is 5.92 Å². The summed E-state index contributed by atoms with van der Waals surface area (Å²) in [6, 6.07) is 0. The van der Waals surface area contributed by atoms with E-state index in [0.29, 0.717) is 0 Å². The molecule has 0 amide bonds. The molecule has 11 heavy (non-hydrogen) atoms. The van der Waals surface area contributed by atoms with Crippen LogP contribution >= 0.6 is 0 Å². The minimum absolute atomic E-state index is 0.823. The Morgan fingerprint density at radius 2 is 2.55 bits per heavy atom. The van der Waals surface area contributed by atoms with Crippen LogP contribution in [0.1, 0.15) is 5.69 Å². The van der Waals surface area contributed by atoms with Crippen molar-refractivity contribution in [3.63, 3.8) is 0 Å². The average molecular weight is 151 g/mol. The molecule has 3 heteroatoms. The molecule has 2 heterocycles. The largest absolute Gasteiger partial charge is 0.337 e. The molecular formula is C8H13N3. The third-order valence-corrected chi connectivity index (χ3v) is 2.10. The maximum Gasteiger partial charge on any atom is 0.0949 e. The molecule has 1 aromatic heterocycles. The maximum absolute atomic E-state index is 4.17. The van der Waals surface area contributed by atoms with E-state index in [-0.39, 0.29) is 0 Å². The van der Waals surface area contributed by atoms with Gasteiger partial charge >= 0.3 is 0 Å². The fourth-order valence-corrected chi connectivity index (χ4v) is 1.35. The number of imidazole rings is 1. The molecule has 0 atom stereocenters. The van der Waals surface area contributed by atoms with Crippen LogP contribution in [-0.2, 0) is 6.54 Å². The van der Waals surface area contributed by atoms with E-state index in [1.165, 1.54) is 0 Å². The Balaban J connectivity index is 1.95. The van der Waals surface area contributed by atoms with Gasteiger partial charge in [-0.3, -0.25) is 0 Å². The molecular weight excluding hydrogens is 138 g/mol. The minimum atomic E-state index is 0.823. The highest BCUT2D eigenvalue weighted by Crippen LogP contribution is 2.06. The lowest BCUT2D eigenvalue weighted by Crippen LogP contribution is -2.44. The van der Waals surface area contributed by atoms with Gasteiger partial charge in [0.25, 0.3) is 0 Å². The molecule has 1 aliphatic rings. The molecule has 1 aliphatic heterocycles. The van der Waals surface area contributed by atoms with E-state index in [2.05, 4.69) is 21.1 Å². The Labute approximate surface area is 66.4 Å². The van der Waals surface area contributed by atoms with Gasteiger partial charge in [0.1, 0.15) is 0 Å². The smallest absolute Gasteiger partial charge is 0.0949 e. The molecule has 3 nitrogen and oxygen atoms in total. The van der Waals surface area contributed by atoms with Crippen LogP contribution in [0.3, 0.4) is 0 Å². The van der Waals surface area contributed by atoms with Gasteiger partial charge in [0.2, 0.25) is 0 Å². The Morgan fingerprint density at radius 3 is 3.00 bits per heavy atom. The molecule has 0 spiro atoms. The highest BCUT2D eigenvalue weighted by Gasteiger charge is 2.16. The predicted octanol–water partition coefficient (Wildman–Crippen LogP) is 0.411. The molecule has 1 saturated heterocycles. The van der Waals surface area contributed by atoms with Crippen molar-refractivity contribution in [3.8, 4) is 0 Å². The molecule has 0 unspecified atom stereocenters. The highest BCUT2D eigenvalue weighted by atomic mass is 15.1. The fourth-order valence-electron chi connectivity index (χ4n) is 1.35. The number of aromatic nitrogens is 2. The number of aryl methyl sites for hydroxylation is 1. The highest BCUT2D eigenvalue weighted by molar-refractivity contribution is 4.93. The van der Waals surface area contributed by atoms with Gasteiger partial charge in [-0.25, -0.2) is 4.98 Å². The molecule has 0 bridgehead atoms. The number of nitrogens with zero attached hydrogens (tertiary/aromatic N) is 2. The summed E-state index contributed by atoms with van der Waals surface area (Å²) in [6.07, 6.45) is 4.01. The predicted molar refractivity (Wildman–Crippen MR) is 43.3 cm³/mol. The van der Waals surface area contributed by atoms with Crippen LogP contribution in [0.2, 0.25) is 0 Å². The SMILES string of the molecule is Cc1cn(CC2CNC2)cn1. The van der Waals surface area contributed by atoms with Gasteiger partial charge in [-0.15, -0.1) is 0 Å². The first-order valence-electron chi connectivity index (χ1n) is 4.03. The second-order valence-electron chi connectivity index (χ2n) is 3.24. The Kier molecular flexibility index (Phi) is 1.66. The van der Waals surface area contributed by atoms with E-state index in [1.807, 2.05) is 13.3 Å². The van der Waals surface area contributed by atoms with Crippen molar-refractivity contribution in [1.29, 1.82) is 0 Å². The quantitative estimate of drug-likeness (QED) is 0.663. The Bertz CT molecular complexity index is 237. The van der Waals surface area contributed by atoms with Crippen LogP contribution in [0.25, 0.3) is 0 Å². The zero-order valence-corrected chi connectivity index (χ0v) is 6.75. The first-order chi connectivity index (χ1) is 5.34. The van der Waals surface area contributed by atoms with Crippen LogP contribution in [0.15, 0.2) is 12.5 Å². The van der Waals surface area contributed by atoms with Crippen LogP contribution in [0.5, 0.6) is 0 Å². The van der Waals surface area contributed by atoms with E-state index in [1.54, 1.807) is 0 Å². The molecule has 60 valence electrons. The van der Waals surface area contributed by atoms with E-state index in [9.17, 15) is 0 Å². The van der Waals surface area contributed by atoms with Crippen LogP contribution in [-0.4, -0.2) is 22.6 Å². The van der Waals surface area contributed by atoms with E-state index >= 15 is 0 Å². The molecule has 1 N–H and O–H groups in total. The summed E-state index contributed by atoms with van der Waals surface area (Å²) in [5.41, 5.74) is 1.11. The number of hydrogen-bond acceptors (Lipinski definition) is 2. The lowest BCUT2D eigenvalue weighted by Gasteiger charge is -2.27. The summed E-state index contributed by atoms with van der Waals surface area (Å²) in [6.45, 7) is 5.47. The zero-order chi connectivity index (χ0) is 7.68. The Hall–Kier alpha value is -0.830. The van der Waals surface area contributed by atoms with E-state index in [0.717, 1.165) is 31.2 Å². The second kappa shape index (κ2) is 2.66. The maximum atomic E-state index is 4.17. The zero-order valence-electron chi connectivity index (χ0n) is 6.75. The lowest BCUT2D eigenvalue weighted by molar-refractivity contribution is 0.306. The monoisotopic (exact) mass is 151 g/mol. The summed E-state index contributed by atoms with van der Waals surface area (Å²) >= 11 is 0. The van der Waals surface area contributed by atoms with Crippen molar-refractivity contribution in [2.45, 2.75) is 13.5 Å². The minimum Gasteiger partial charge on any atom is -0.337 e. The Morgan fingerprint density at radius 1 is 1.73 bits per heavy atom. The third kappa shape index (κ3) is 1.43. The van der Waals surface area contributed by atoms with Gasteiger partial charge in [-0.05, 0) is 6.92 Å². The van der Waals surface area contributed by atoms with Crippen molar-refractivity contribution < 1.29 is 0 Å². The average Bonchev–Trinajstić information content (AvgIpc) is 2.27. The summed E-state index contributed by atoms with van der Waals surface area (Å²) < 4.78 is 2.17. The summed E-state index contributed by atoms with van der Waals surface area (Å²) in [5.74, 6) is 0.823. The lowest BCUT2D eigenvalue weighted by atomic mass is 10.0. The van der Waals surface area contributed by atoms with Gasteiger partial charge in [-0.1, -0.05) is 0 Å². The molecule has 0 radical (unpaired) electrons. The van der Waals surface area contributed by atoms with E-state index < -0.39 is 0 Å². The van der Waals surface area contributed by atoms with Crippen molar-refractivity contribution >= 4 is 0 Å². The van der Waals surface area contributed by atoms with Crippen LogP contribution in [0.4, 0.5) is 0 Å². The van der Waals surface area contributed by atoms with Gasteiger partial charge in [-0.2, -0.15) is 0 Å². The van der Waals surface area contributed by atoms with Crippen molar-refractivity contribution in [3.05, 3.63) is 18.2 Å². The normalized spacial score (nSPS) is 18.3. The van der Waals surface area contributed by atoms with Crippen LogP contribution < -0.4 is 5.32 Å². The molecule has 0 aliphatic carbocycles. The molecule has 0 aromatic carbocycles. The molecule has 1 fully saturated rings. The summed E-state index contributed by atoms with van der Waals surface area (Å²) in [5, 5.41) is 3.25. The first kappa shape index (κ1) is 6.85.